The normalized spacial score (nSPS) is 17.3. The van der Waals surface area contributed by atoms with E-state index in [2.05, 4.69) is 38.6 Å². The van der Waals surface area contributed by atoms with Crippen molar-refractivity contribution in [3.63, 3.8) is 0 Å². The maximum Gasteiger partial charge on any atom is 0.325 e. The van der Waals surface area contributed by atoms with E-state index in [0.717, 1.165) is 17.6 Å². The van der Waals surface area contributed by atoms with Crippen LogP contribution >= 0.6 is 11.6 Å². The molecule has 2 N–H and O–H groups in total. The van der Waals surface area contributed by atoms with Crippen molar-refractivity contribution in [1.29, 1.82) is 0 Å². The molecule has 1 fully saturated rings. The van der Waals surface area contributed by atoms with E-state index in [1.165, 1.54) is 11.1 Å². The lowest BCUT2D eigenvalue weighted by Crippen LogP contribution is -2.48. The molecule has 0 atom stereocenters. The number of carbonyl (C=O) groups excluding carboxylic acids is 1. The van der Waals surface area contributed by atoms with Crippen molar-refractivity contribution in [2.75, 3.05) is 36.4 Å². The summed E-state index contributed by atoms with van der Waals surface area (Å²) >= 11 is 6.66. The minimum Gasteiger partial charge on any atom is -0.423 e. The molecule has 0 radical (unpaired) electrons. The fraction of sp³-hybridized carbons (Fsp3) is 0.280. The van der Waals surface area contributed by atoms with Crippen LogP contribution in [0.2, 0.25) is 5.02 Å². The second-order valence-electron chi connectivity index (χ2n) is 8.43. The zero-order valence-corrected chi connectivity index (χ0v) is 19.8. The zero-order valence-electron chi connectivity index (χ0n) is 19.1. The first-order valence-electron chi connectivity index (χ1n) is 11.2. The molecular weight excluding hydrogens is 452 g/mol. The summed E-state index contributed by atoms with van der Waals surface area (Å²) in [4.78, 5) is 27.5. The van der Waals surface area contributed by atoms with Gasteiger partial charge in [0.25, 0.3) is 0 Å². The highest BCUT2D eigenvalue weighted by Crippen LogP contribution is 2.38. The predicted octanol–water partition coefficient (Wildman–Crippen LogP) is 4.14. The van der Waals surface area contributed by atoms with Crippen molar-refractivity contribution >= 4 is 41.1 Å². The monoisotopic (exact) mass is 476 g/mol. The number of aromatic nitrogens is 2. The molecule has 1 aromatic carbocycles. The molecule has 174 valence electrons. The van der Waals surface area contributed by atoms with Gasteiger partial charge in [-0.1, -0.05) is 41.5 Å². The topological polar surface area (TPSA) is 91.7 Å². The number of nitrogens with one attached hydrogen (secondary N) is 2. The number of amidine groups is 1. The molecule has 34 heavy (non-hydrogen) atoms. The number of amides is 1. The van der Waals surface area contributed by atoms with Crippen molar-refractivity contribution in [3.05, 3.63) is 63.7 Å². The molecule has 9 heteroatoms. The third-order valence-electron chi connectivity index (χ3n) is 5.74. The average molecular weight is 477 g/mol. The Balaban J connectivity index is 1.47. The average Bonchev–Trinajstić information content (AvgIpc) is 3.42. The Kier molecular flexibility index (Phi) is 6.06. The van der Waals surface area contributed by atoms with Crippen molar-refractivity contribution in [3.8, 4) is 11.8 Å². The van der Waals surface area contributed by atoms with E-state index in [4.69, 9.17) is 16.3 Å². The van der Waals surface area contributed by atoms with Crippen LogP contribution in [0.4, 0.5) is 11.6 Å². The van der Waals surface area contributed by atoms with Crippen LogP contribution in [0.1, 0.15) is 25.0 Å². The van der Waals surface area contributed by atoms with Gasteiger partial charge < -0.3 is 20.3 Å². The molecule has 3 aliphatic rings. The molecule has 8 nitrogen and oxygen atoms in total. The number of fused-ring (bicyclic) bond motifs is 1. The number of benzene rings is 1. The number of halogens is 1. The summed E-state index contributed by atoms with van der Waals surface area (Å²) < 4.78 is 6.08. The SMILES string of the molecule is C/C=C/C1=CC(Nc2cc(N3CCNC(=O)C3)nc(Oc3ccc4c(c3Cl)C=C(C)C4)n2)=NC1. The number of aliphatic imine (C=N–C) groups is 1. The third-order valence-corrected chi connectivity index (χ3v) is 6.13. The van der Waals surface area contributed by atoms with Crippen LogP contribution in [-0.4, -0.2) is 47.9 Å². The Morgan fingerprint density at radius 2 is 2.15 bits per heavy atom. The molecule has 2 aromatic rings. The van der Waals surface area contributed by atoms with E-state index in [9.17, 15) is 4.79 Å². The molecule has 1 aromatic heterocycles. The second kappa shape index (κ2) is 9.30. The number of ether oxygens (including phenoxy) is 1. The van der Waals surface area contributed by atoms with Gasteiger partial charge in [-0.3, -0.25) is 9.79 Å². The molecule has 0 unspecified atom stereocenters. The Labute approximate surface area is 203 Å². The van der Waals surface area contributed by atoms with Gasteiger partial charge in [-0.15, -0.1) is 0 Å². The predicted molar refractivity (Wildman–Crippen MR) is 135 cm³/mol. The maximum atomic E-state index is 12.0. The van der Waals surface area contributed by atoms with Crippen LogP contribution in [0.3, 0.4) is 0 Å². The number of piperazine rings is 1. The van der Waals surface area contributed by atoms with E-state index in [-0.39, 0.29) is 18.5 Å². The fourth-order valence-corrected chi connectivity index (χ4v) is 4.46. The standard InChI is InChI=1S/C25H25ClN6O2/c1-3-4-16-11-20(28-13-16)29-21-12-22(32-8-7-27-23(33)14-32)31-25(30-21)34-19-6-5-17-9-15(2)10-18(17)24(19)26/h3-6,10-12H,7-9,13-14H2,1-2H3,(H,27,33)(H,28,29,30,31)/b4-3+. The summed E-state index contributed by atoms with van der Waals surface area (Å²) in [6.45, 7) is 6.06. The first-order chi connectivity index (χ1) is 16.5. The molecule has 0 spiro atoms. The molecule has 1 aliphatic carbocycles. The Bertz CT molecular complexity index is 1280. The van der Waals surface area contributed by atoms with Crippen molar-refractivity contribution in [1.82, 2.24) is 15.3 Å². The minimum atomic E-state index is -0.0511. The van der Waals surface area contributed by atoms with Crippen LogP contribution in [0.15, 0.2) is 52.6 Å². The van der Waals surface area contributed by atoms with Gasteiger partial charge in [0.2, 0.25) is 5.91 Å². The molecule has 1 saturated heterocycles. The van der Waals surface area contributed by atoms with Gasteiger partial charge in [0.05, 0.1) is 18.1 Å². The van der Waals surface area contributed by atoms with Gasteiger partial charge in [0, 0.05) is 24.7 Å². The van der Waals surface area contributed by atoms with E-state index in [0.29, 0.717) is 47.9 Å². The lowest BCUT2D eigenvalue weighted by Gasteiger charge is -2.28. The number of hydrogen-bond acceptors (Lipinski definition) is 7. The van der Waals surface area contributed by atoms with Gasteiger partial charge >= 0.3 is 6.01 Å². The molecule has 5 rings (SSSR count). The molecule has 0 bridgehead atoms. The quantitative estimate of drug-likeness (QED) is 0.673. The molecule has 0 saturated carbocycles. The Hall–Kier alpha value is -3.65. The number of hydrogen-bond donors (Lipinski definition) is 2. The van der Waals surface area contributed by atoms with Crippen LogP contribution in [-0.2, 0) is 11.2 Å². The van der Waals surface area contributed by atoms with Crippen molar-refractivity contribution < 1.29 is 9.53 Å². The highest BCUT2D eigenvalue weighted by molar-refractivity contribution is 6.33. The number of rotatable bonds is 5. The van der Waals surface area contributed by atoms with Gasteiger partial charge in [-0.2, -0.15) is 9.97 Å². The highest BCUT2D eigenvalue weighted by atomic mass is 35.5. The molecule has 2 aliphatic heterocycles. The summed E-state index contributed by atoms with van der Waals surface area (Å²) in [7, 11) is 0. The van der Waals surface area contributed by atoms with E-state index in [1.54, 1.807) is 6.07 Å². The largest absolute Gasteiger partial charge is 0.423 e. The first-order valence-corrected chi connectivity index (χ1v) is 11.6. The van der Waals surface area contributed by atoms with Gasteiger partial charge in [0.1, 0.15) is 23.2 Å². The lowest BCUT2D eigenvalue weighted by atomic mass is 10.1. The van der Waals surface area contributed by atoms with Crippen LogP contribution in [0.5, 0.6) is 11.8 Å². The fourth-order valence-electron chi connectivity index (χ4n) is 4.18. The number of nitrogens with zero attached hydrogens (tertiary/aromatic N) is 4. The van der Waals surface area contributed by atoms with Crippen molar-refractivity contribution in [2.24, 2.45) is 4.99 Å². The second-order valence-corrected chi connectivity index (χ2v) is 8.81. The smallest absolute Gasteiger partial charge is 0.325 e. The Morgan fingerprint density at radius 1 is 1.26 bits per heavy atom. The summed E-state index contributed by atoms with van der Waals surface area (Å²) in [5.74, 6) is 2.25. The van der Waals surface area contributed by atoms with Crippen LogP contribution in [0.25, 0.3) is 6.08 Å². The summed E-state index contributed by atoms with van der Waals surface area (Å²) in [5.41, 5.74) is 4.51. The highest BCUT2D eigenvalue weighted by Gasteiger charge is 2.22. The third kappa shape index (κ3) is 4.68. The van der Waals surface area contributed by atoms with Gasteiger partial charge in [-0.25, -0.2) is 0 Å². The number of anilines is 2. The van der Waals surface area contributed by atoms with E-state index in [1.807, 2.05) is 42.2 Å². The Morgan fingerprint density at radius 3 is 2.97 bits per heavy atom. The summed E-state index contributed by atoms with van der Waals surface area (Å²) in [6, 6.07) is 5.80. The number of carbonyl (C=O) groups is 1. The van der Waals surface area contributed by atoms with E-state index < -0.39 is 0 Å². The summed E-state index contributed by atoms with van der Waals surface area (Å²) in [5, 5.41) is 6.62. The lowest BCUT2D eigenvalue weighted by molar-refractivity contribution is -0.120. The molecule has 3 heterocycles. The van der Waals surface area contributed by atoms with Crippen LogP contribution in [0, 0.1) is 0 Å². The number of allylic oxidation sites excluding steroid dienone is 2. The first kappa shape index (κ1) is 22.2. The van der Waals surface area contributed by atoms with Crippen molar-refractivity contribution in [2.45, 2.75) is 20.3 Å². The van der Waals surface area contributed by atoms with Crippen LogP contribution < -0.4 is 20.3 Å². The molecule has 1 amide bonds. The summed E-state index contributed by atoms with van der Waals surface area (Å²) in [6.07, 6.45) is 8.95. The van der Waals surface area contributed by atoms with Gasteiger partial charge in [-0.05, 0) is 43.5 Å². The molecular formula is C25H25ClN6O2. The van der Waals surface area contributed by atoms with E-state index >= 15 is 0 Å². The minimum absolute atomic E-state index is 0.0511. The maximum absolute atomic E-state index is 12.0. The van der Waals surface area contributed by atoms with Gasteiger partial charge in [0.15, 0.2) is 0 Å². The zero-order chi connectivity index (χ0) is 23.7.